The number of nitrogens with one attached hydrogen (secondary N) is 2. The first-order valence-electron chi connectivity index (χ1n) is 5.88. The van der Waals surface area contributed by atoms with Crippen LogP contribution >= 0.6 is 58.6 Å². The number of carbonyl (C=O) groups excluding carboxylic acids is 1. The van der Waals surface area contributed by atoms with Crippen molar-refractivity contribution in [2.24, 2.45) is 0 Å². The molecule has 0 saturated carbocycles. The van der Waals surface area contributed by atoms with E-state index in [-0.39, 0.29) is 5.11 Å². The first-order valence-corrected chi connectivity index (χ1v) is 7.80. The van der Waals surface area contributed by atoms with Crippen LogP contribution in [0, 0.1) is 0 Å². The van der Waals surface area contributed by atoms with E-state index in [1.54, 1.807) is 18.2 Å². The minimum Gasteiger partial charge on any atom is -0.331 e. The molecule has 0 aliphatic carbocycles. The zero-order chi connectivity index (χ0) is 16.3. The number of hydrogen-bond acceptors (Lipinski definition) is 2. The number of thiocarbonyl (C=S) groups is 1. The fourth-order valence-corrected chi connectivity index (χ4v) is 2.67. The van der Waals surface area contributed by atoms with Crippen molar-refractivity contribution in [1.29, 1.82) is 0 Å². The molecule has 0 heterocycles. The van der Waals surface area contributed by atoms with Crippen LogP contribution in [0.5, 0.6) is 0 Å². The fraction of sp³-hybridized carbons (Fsp3) is 0. The molecule has 2 aromatic carbocycles. The number of carbonyl (C=O) groups is 1. The van der Waals surface area contributed by atoms with Gasteiger partial charge in [0.2, 0.25) is 0 Å². The van der Waals surface area contributed by atoms with Crippen LogP contribution in [0.4, 0.5) is 5.69 Å². The van der Waals surface area contributed by atoms with Crippen LogP contribution in [-0.2, 0) is 0 Å². The highest BCUT2D eigenvalue weighted by atomic mass is 35.5. The van der Waals surface area contributed by atoms with Gasteiger partial charge in [-0.05, 0) is 48.6 Å². The highest BCUT2D eigenvalue weighted by molar-refractivity contribution is 7.80. The van der Waals surface area contributed by atoms with Crippen molar-refractivity contribution in [3.63, 3.8) is 0 Å². The molecule has 22 heavy (non-hydrogen) atoms. The summed E-state index contributed by atoms with van der Waals surface area (Å²) in [4.78, 5) is 12.1. The van der Waals surface area contributed by atoms with Gasteiger partial charge in [0.25, 0.3) is 5.91 Å². The van der Waals surface area contributed by atoms with Gasteiger partial charge in [0.1, 0.15) is 0 Å². The van der Waals surface area contributed by atoms with E-state index in [0.29, 0.717) is 31.3 Å². The molecule has 1 amide bonds. The van der Waals surface area contributed by atoms with Crippen molar-refractivity contribution in [3.8, 4) is 0 Å². The van der Waals surface area contributed by atoms with Crippen LogP contribution in [0.25, 0.3) is 0 Å². The maximum atomic E-state index is 12.1. The Labute approximate surface area is 152 Å². The van der Waals surface area contributed by atoms with Gasteiger partial charge in [-0.1, -0.05) is 46.4 Å². The van der Waals surface area contributed by atoms with Crippen LogP contribution in [-0.4, -0.2) is 11.0 Å². The number of halogens is 4. The molecule has 0 aliphatic rings. The molecule has 2 N–H and O–H groups in total. The van der Waals surface area contributed by atoms with Crippen molar-refractivity contribution in [2.75, 3.05) is 5.32 Å². The van der Waals surface area contributed by atoms with Gasteiger partial charge in [0, 0.05) is 20.6 Å². The lowest BCUT2D eigenvalue weighted by atomic mass is 10.2. The van der Waals surface area contributed by atoms with E-state index < -0.39 is 5.91 Å². The number of rotatable bonds is 2. The van der Waals surface area contributed by atoms with E-state index >= 15 is 0 Å². The van der Waals surface area contributed by atoms with Crippen molar-refractivity contribution in [2.45, 2.75) is 0 Å². The maximum Gasteiger partial charge on any atom is 0.257 e. The molecular formula is C14H8Cl4N2OS. The van der Waals surface area contributed by atoms with Gasteiger partial charge < -0.3 is 5.32 Å². The summed E-state index contributed by atoms with van der Waals surface area (Å²) in [5, 5.41) is 7.00. The number of benzene rings is 2. The van der Waals surface area contributed by atoms with Crippen LogP contribution in [0.2, 0.25) is 20.1 Å². The predicted octanol–water partition coefficient (Wildman–Crippen LogP) is 5.43. The Bertz CT molecular complexity index is 731. The third kappa shape index (κ3) is 4.73. The summed E-state index contributed by atoms with van der Waals surface area (Å²) in [6.07, 6.45) is 0. The summed E-state index contributed by atoms with van der Waals surface area (Å²) in [5.41, 5.74) is 0.780. The molecule has 0 spiro atoms. The molecule has 2 rings (SSSR count). The maximum absolute atomic E-state index is 12.1. The van der Waals surface area contributed by atoms with E-state index in [0.717, 1.165) is 0 Å². The lowest BCUT2D eigenvalue weighted by molar-refractivity contribution is 0.0977. The molecule has 0 unspecified atom stereocenters. The number of hydrogen-bond donors (Lipinski definition) is 2. The first kappa shape index (κ1) is 17.3. The summed E-state index contributed by atoms with van der Waals surface area (Å²) in [7, 11) is 0. The Hall–Kier alpha value is -1.04. The molecular weight excluding hydrogens is 386 g/mol. The Morgan fingerprint density at radius 1 is 0.909 bits per heavy atom. The summed E-state index contributed by atoms with van der Waals surface area (Å²) >= 11 is 28.7. The van der Waals surface area contributed by atoms with E-state index in [9.17, 15) is 4.79 Å². The van der Waals surface area contributed by atoms with Crippen LogP contribution < -0.4 is 10.6 Å². The fourth-order valence-electron chi connectivity index (χ4n) is 1.61. The summed E-state index contributed by atoms with van der Waals surface area (Å²) in [5.74, 6) is -0.444. The third-order valence-electron chi connectivity index (χ3n) is 2.53. The highest BCUT2D eigenvalue weighted by Gasteiger charge is 2.11. The zero-order valence-corrected chi connectivity index (χ0v) is 14.6. The Morgan fingerprint density at radius 2 is 1.55 bits per heavy atom. The van der Waals surface area contributed by atoms with E-state index in [4.69, 9.17) is 58.6 Å². The Balaban J connectivity index is 2.08. The molecule has 3 nitrogen and oxygen atoms in total. The van der Waals surface area contributed by atoms with Gasteiger partial charge >= 0.3 is 0 Å². The van der Waals surface area contributed by atoms with Gasteiger partial charge in [0.15, 0.2) is 5.11 Å². The van der Waals surface area contributed by atoms with Gasteiger partial charge in [-0.2, -0.15) is 0 Å². The monoisotopic (exact) mass is 392 g/mol. The topological polar surface area (TPSA) is 41.1 Å². The second-order valence-electron chi connectivity index (χ2n) is 4.19. The molecule has 8 heteroatoms. The second kappa shape index (κ2) is 7.49. The van der Waals surface area contributed by atoms with E-state index in [1.807, 2.05) is 0 Å². The minimum absolute atomic E-state index is 0.0743. The number of amides is 1. The van der Waals surface area contributed by atoms with Crippen molar-refractivity contribution in [3.05, 3.63) is 62.1 Å². The first-order chi connectivity index (χ1) is 10.3. The lowest BCUT2D eigenvalue weighted by Crippen LogP contribution is -2.34. The minimum atomic E-state index is -0.444. The summed E-state index contributed by atoms with van der Waals surface area (Å²) in [6, 6.07) is 9.36. The quantitative estimate of drug-likeness (QED) is 0.668. The molecule has 2 aromatic rings. The molecule has 0 aliphatic heterocycles. The predicted molar refractivity (Wildman–Crippen MR) is 96.6 cm³/mol. The third-order valence-corrected chi connectivity index (χ3v) is 3.73. The molecule has 0 aromatic heterocycles. The Kier molecular flexibility index (Phi) is 5.89. The van der Waals surface area contributed by atoms with Gasteiger partial charge in [-0.15, -0.1) is 0 Å². The zero-order valence-electron chi connectivity index (χ0n) is 10.8. The summed E-state index contributed by atoms with van der Waals surface area (Å²) < 4.78 is 0. The smallest absolute Gasteiger partial charge is 0.257 e. The lowest BCUT2D eigenvalue weighted by Gasteiger charge is -2.11. The molecule has 0 radical (unpaired) electrons. The van der Waals surface area contributed by atoms with Crippen LogP contribution in [0.15, 0.2) is 36.4 Å². The molecule has 114 valence electrons. The van der Waals surface area contributed by atoms with Crippen LogP contribution in [0.3, 0.4) is 0 Å². The second-order valence-corrected chi connectivity index (χ2v) is 6.32. The van der Waals surface area contributed by atoms with Gasteiger partial charge in [0.05, 0.1) is 10.7 Å². The molecule has 0 atom stereocenters. The van der Waals surface area contributed by atoms with E-state index in [1.165, 1.54) is 18.2 Å². The average molecular weight is 394 g/mol. The standard InChI is InChI=1S/C14H8Cl4N2OS/c15-8-1-2-11(18)12(6-8)19-14(22)20-13(21)7-3-9(16)5-10(17)4-7/h1-6H,(H2,19,20,21,22). The highest BCUT2D eigenvalue weighted by Crippen LogP contribution is 2.25. The van der Waals surface area contributed by atoms with Crippen molar-refractivity contribution >= 4 is 75.3 Å². The summed E-state index contributed by atoms with van der Waals surface area (Å²) in [6.45, 7) is 0. The van der Waals surface area contributed by atoms with Crippen LogP contribution in [0.1, 0.15) is 10.4 Å². The Morgan fingerprint density at radius 3 is 2.18 bits per heavy atom. The van der Waals surface area contributed by atoms with Gasteiger partial charge in [-0.3, -0.25) is 10.1 Å². The molecule has 0 saturated heterocycles. The normalized spacial score (nSPS) is 10.2. The van der Waals surface area contributed by atoms with Gasteiger partial charge in [-0.25, -0.2) is 0 Å². The average Bonchev–Trinajstić information content (AvgIpc) is 2.41. The molecule has 0 bridgehead atoms. The molecule has 0 fully saturated rings. The van der Waals surface area contributed by atoms with Crippen molar-refractivity contribution in [1.82, 2.24) is 5.32 Å². The van der Waals surface area contributed by atoms with Crippen molar-refractivity contribution < 1.29 is 4.79 Å². The number of anilines is 1. The van der Waals surface area contributed by atoms with E-state index in [2.05, 4.69) is 10.6 Å². The largest absolute Gasteiger partial charge is 0.331 e. The SMILES string of the molecule is O=C(NC(=S)Nc1cc(Cl)ccc1Cl)c1cc(Cl)cc(Cl)c1.